The molecule has 0 spiro atoms. The lowest BCUT2D eigenvalue weighted by Crippen LogP contribution is -2.37. The van der Waals surface area contributed by atoms with Gasteiger partial charge in [-0.15, -0.1) is 0 Å². The Hall–Kier alpha value is -3.65. The van der Waals surface area contributed by atoms with Gasteiger partial charge in [-0.05, 0) is 55.3 Å². The van der Waals surface area contributed by atoms with Crippen molar-refractivity contribution in [3.05, 3.63) is 95.1 Å². The fourth-order valence-corrected chi connectivity index (χ4v) is 4.74. The molecule has 2 aliphatic rings. The molecule has 3 aromatic rings. The Labute approximate surface area is 194 Å². The van der Waals surface area contributed by atoms with E-state index in [1.165, 1.54) is 17.2 Å². The van der Waals surface area contributed by atoms with Gasteiger partial charge in [0.15, 0.2) is 6.10 Å². The molecule has 3 aromatic carbocycles. The molecule has 2 saturated heterocycles. The Bertz CT molecular complexity index is 1280. The fraction of sp³-hybridized carbons (Fsp3) is 0.231. The molecule has 34 heavy (non-hydrogen) atoms. The Morgan fingerprint density at radius 2 is 1.59 bits per heavy atom. The third kappa shape index (κ3) is 3.54. The topological polar surface area (TPSA) is 49.9 Å². The van der Waals surface area contributed by atoms with Crippen molar-refractivity contribution in [2.75, 3.05) is 9.96 Å². The van der Waals surface area contributed by atoms with E-state index in [-0.39, 0.29) is 5.56 Å². The molecule has 0 aliphatic carbocycles. The number of carbonyl (C=O) groups is 2. The van der Waals surface area contributed by atoms with Gasteiger partial charge in [0.2, 0.25) is 5.91 Å². The summed E-state index contributed by atoms with van der Waals surface area (Å²) in [5.41, 5.74) is 2.14. The van der Waals surface area contributed by atoms with Gasteiger partial charge in [0.25, 0.3) is 5.91 Å². The zero-order valence-corrected chi connectivity index (χ0v) is 18.4. The summed E-state index contributed by atoms with van der Waals surface area (Å²) in [5.74, 6) is -2.03. The molecule has 0 saturated carbocycles. The van der Waals surface area contributed by atoms with Crippen LogP contribution in [0.25, 0.3) is 0 Å². The maximum Gasteiger partial charge on any atom is 0.416 e. The van der Waals surface area contributed by atoms with Crippen LogP contribution < -0.4 is 9.96 Å². The monoisotopic (exact) mass is 466 g/mol. The number of aryl methyl sites for hydroxylation is 2. The first-order valence-electron chi connectivity index (χ1n) is 10.8. The zero-order chi connectivity index (χ0) is 24.2. The summed E-state index contributed by atoms with van der Waals surface area (Å²) in [4.78, 5) is 34.1. The molecule has 3 atom stereocenters. The molecular weight excluding hydrogens is 445 g/mol. The summed E-state index contributed by atoms with van der Waals surface area (Å²) in [6, 6.07) is 18.0. The lowest BCUT2D eigenvalue weighted by molar-refractivity contribution is -0.137. The summed E-state index contributed by atoms with van der Waals surface area (Å²) >= 11 is 0. The third-order valence-electron chi connectivity index (χ3n) is 6.27. The number of halogens is 3. The highest BCUT2D eigenvalue weighted by Gasteiger charge is 2.60. The number of carbonyl (C=O) groups excluding carboxylic acids is 2. The van der Waals surface area contributed by atoms with E-state index in [2.05, 4.69) is 0 Å². The Kier molecular flexibility index (Phi) is 5.20. The van der Waals surface area contributed by atoms with Crippen LogP contribution in [0.15, 0.2) is 72.8 Å². The highest BCUT2D eigenvalue weighted by molar-refractivity contribution is 6.24. The predicted octanol–water partition coefficient (Wildman–Crippen LogP) is 5.37. The lowest BCUT2D eigenvalue weighted by atomic mass is 9.89. The number of rotatable bonds is 3. The minimum atomic E-state index is -4.55. The van der Waals surface area contributed by atoms with Crippen molar-refractivity contribution in [3.63, 3.8) is 0 Å². The van der Waals surface area contributed by atoms with Gasteiger partial charge in [0.05, 0.1) is 23.0 Å². The minimum absolute atomic E-state index is 0.245. The number of fused-ring (bicyclic) bond motifs is 1. The number of anilines is 2. The maximum atomic E-state index is 13.7. The van der Waals surface area contributed by atoms with E-state index in [1.54, 1.807) is 49.4 Å². The zero-order valence-electron chi connectivity index (χ0n) is 18.4. The average molecular weight is 466 g/mol. The minimum Gasteiger partial charge on any atom is -0.273 e. The standard InChI is InChI=1S/C26H21F3N2O3/c1-15-11-12-20(16(2)13-15)30-24(32)21-22(17-7-6-8-18(14-17)26(27,28)29)31(34-23(21)25(30)33)19-9-4-3-5-10-19/h3-14,21-23H,1-2H3/t21-,22+,23-/m0/s1. The van der Waals surface area contributed by atoms with Gasteiger partial charge in [-0.2, -0.15) is 13.2 Å². The molecule has 8 heteroatoms. The van der Waals surface area contributed by atoms with E-state index < -0.39 is 41.6 Å². The Morgan fingerprint density at radius 3 is 2.26 bits per heavy atom. The molecule has 0 unspecified atom stereocenters. The second kappa shape index (κ2) is 7.99. The van der Waals surface area contributed by atoms with Crippen molar-refractivity contribution in [3.8, 4) is 0 Å². The molecule has 0 radical (unpaired) electrons. The van der Waals surface area contributed by atoms with Crippen LogP contribution in [0.2, 0.25) is 0 Å². The van der Waals surface area contributed by atoms with E-state index in [9.17, 15) is 22.8 Å². The van der Waals surface area contributed by atoms with Gasteiger partial charge in [0, 0.05) is 0 Å². The quantitative estimate of drug-likeness (QED) is 0.487. The molecule has 0 aromatic heterocycles. The molecule has 5 nitrogen and oxygen atoms in total. The van der Waals surface area contributed by atoms with Crippen molar-refractivity contribution in [1.82, 2.24) is 0 Å². The fourth-order valence-electron chi connectivity index (χ4n) is 4.74. The van der Waals surface area contributed by atoms with Gasteiger partial charge in [0.1, 0.15) is 5.92 Å². The maximum absolute atomic E-state index is 13.7. The second-order valence-electron chi connectivity index (χ2n) is 8.58. The van der Waals surface area contributed by atoms with Crippen molar-refractivity contribution < 1.29 is 27.6 Å². The predicted molar refractivity (Wildman–Crippen MR) is 120 cm³/mol. The SMILES string of the molecule is Cc1ccc(N2C(=O)[C@@H]3[C@H](ON(c4ccccc4)[C@@H]3c3cccc(C(F)(F)F)c3)C2=O)c(C)c1. The molecular formula is C26H21F3N2O3. The molecule has 0 bridgehead atoms. The van der Waals surface area contributed by atoms with Crippen LogP contribution in [0.3, 0.4) is 0 Å². The van der Waals surface area contributed by atoms with Crippen molar-refractivity contribution in [2.45, 2.75) is 32.2 Å². The number of para-hydroxylation sites is 1. The van der Waals surface area contributed by atoms with Gasteiger partial charge < -0.3 is 0 Å². The van der Waals surface area contributed by atoms with Gasteiger partial charge in [-0.1, -0.05) is 48.0 Å². The van der Waals surface area contributed by atoms with Gasteiger partial charge >= 0.3 is 6.18 Å². The third-order valence-corrected chi connectivity index (χ3v) is 6.27. The highest BCUT2D eigenvalue weighted by Crippen LogP contribution is 2.48. The Balaban J connectivity index is 1.61. The van der Waals surface area contributed by atoms with Crippen molar-refractivity contribution in [2.24, 2.45) is 5.92 Å². The first kappa shape index (κ1) is 22.2. The number of benzene rings is 3. The van der Waals surface area contributed by atoms with Crippen LogP contribution in [-0.2, 0) is 20.6 Å². The first-order chi connectivity index (χ1) is 16.2. The van der Waals surface area contributed by atoms with Gasteiger partial charge in [-0.25, -0.2) is 9.96 Å². The number of amides is 2. The normalized spacial score (nSPS) is 22.4. The number of alkyl halides is 3. The number of imide groups is 1. The van der Waals surface area contributed by atoms with E-state index in [4.69, 9.17) is 4.84 Å². The summed E-state index contributed by atoms with van der Waals surface area (Å²) in [7, 11) is 0. The first-order valence-corrected chi connectivity index (χ1v) is 10.8. The largest absolute Gasteiger partial charge is 0.416 e. The Morgan fingerprint density at radius 1 is 0.853 bits per heavy atom. The summed E-state index contributed by atoms with van der Waals surface area (Å²) < 4.78 is 40.4. The second-order valence-corrected chi connectivity index (χ2v) is 8.58. The van der Waals surface area contributed by atoms with Crippen LogP contribution in [-0.4, -0.2) is 17.9 Å². The van der Waals surface area contributed by atoms with Crippen LogP contribution in [0.5, 0.6) is 0 Å². The van der Waals surface area contributed by atoms with E-state index in [1.807, 2.05) is 13.0 Å². The van der Waals surface area contributed by atoms with Crippen LogP contribution in [0, 0.1) is 19.8 Å². The molecule has 5 rings (SSSR count). The lowest BCUT2D eigenvalue weighted by Gasteiger charge is -2.29. The molecule has 2 aliphatic heterocycles. The number of hydrogen-bond acceptors (Lipinski definition) is 4. The molecule has 174 valence electrons. The average Bonchev–Trinajstić information content (AvgIpc) is 3.31. The summed E-state index contributed by atoms with van der Waals surface area (Å²) in [6.45, 7) is 3.71. The molecule has 2 amide bonds. The van der Waals surface area contributed by atoms with E-state index in [0.29, 0.717) is 11.4 Å². The number of nitrogens with zero attached hydrogens (tertiary/aromatic N) is 2. The highest BCUT2D eigenvalue weighted by atomic mass is 19.4. The summed E-state index contributed by atoms with van der Waals surface area (Å²) in [6.07, 6.45) is -5.69. The molecule has 2 heterocycles. The van der Waals surface area contributed by atoms with Crippen LogP contribution in [0.4, 0.5) is 24.5 Å². The van der Waals surface area contributed by atoms with E-state index >= 15 is 0 Å². The van der Waals surface area contributed by atoms with Crippen LogP contribution in [0.1, 0.15) is 28.3 Å². The molecule has 0 N–H and O–H groups in total. The van der Waals surface area contributed by atoms with E-state index in [0.717, 1.165) is 28.2 Å². The van der Waals surface area contributed by atoms with Crippen molar-refractivity contribution >= 4 is 23.2 Å². The van der Waals surface area contributed by atoms with Gasteiger partial charge in [-0.3, -0.25) is 14.4 Å². The molecule has 2 fully saturated rings. The van der Waals surface area contributed by atoms with Crippen LogP contribution >= 0.6 is 0 Å². The van der Waals surface area contributed by atoms with Crippen molar-refractivity contribution in [1.29, 1.82) is 0 Å². The summed E-state index contributed by atoms with van der Waals surface area (Å²) in [5, 5.41) is 1.39. The smallest absolute Gasteiger partial charge is 0.273 e. The number of hydrogen-bond donors (Lipinski definition) is 0. The number of hydroxylamine groups is 1.